The van der Waals surface area contributed by atoms with Crippen LogP contribution in [0.25, 0.3) is 4.96 Å². The molecular weight excluding hydrogens is 394 g/mol. The molecule has 1 aliphatic heterocycles. The van der Waals surface area contributed by atoms with Crippen molar-refractivity contribution in [2.24, 2.45) is 5.92 Å². The van der Waals surface area contributed by atoms with Gasteiger partial charge in [-0.15, -0.1) is 16.4 Å². The summed E-state index contributed by atoms with van der Waals surface area (Å²) < 4.78 is 1.39. The second-order valence-electron chi connectivity index (χ2n) is 6.97. The Morgan fingerprint density at radius 1 is 1.36 bits per heavy atom. The van der Waals surface area contributed by atoms with Gasteiger partial charge in [-0.25, -0.2) is 4.98 Å². The summed E-state index contributed by atoms with van der Waals surface area (Å²) in [6.07, 6.45) is 3.33. The SMILES string of the molecule is CCCc1cc(=O)n2nc(N3CCC(C(=O)NCc4cccs4)CC3)sc2n1. The molecule has 0 unspecified atom stereocenters. The van der Waals surface area contributed by atoms with Crippen molar-refractivity contribution < 1.29 is 4.79 Å². The molecule has 0 aliphatic carbocycles. The summed E-state index contributed by atoms with van der Waals surface area (Å²) in [6.45, 7) is 4.19. The first-order valence-corrected chi connectivity index (χ1v) is 11.3. The van der Waals surface area contributed by atoms with Crippen molar-refractivity contribution in [3.05, 3.63) is 44.5 Å². The third-order valence-corrected chi connectivity index (χ3v) is 6.79. The highest BCUT2D eigenvalue weighted by molar-refractivity contribution is 7.20. The summed E-state index contributed by atoms with van der Waals surface area (Å²) in [4.78, 5) is 33.2. The van der Waals surface area contributed by atoms with Crippen molar-refractivity contribution in [2.45, 2.75) is 39.2 Å². The van der Waals surface area contributed by atoms with Crippen molar-refractivity contribution in [1.29, 1.82) is 0 Å². The molecule has 0 saturated carbocycles. The molecule has 4 heterocycles. The minimum absolute atomic E-state index is 0.0302. The van der Waals surface area contributed by atoms with Gasteiger partial charge in [-0.2, -0.15) is 4.52 Å². The smallest absolute Gasteiger partial charge is 0.275 e. The lowest BCUT2D eigenvalue weighted by molar-refractivity contribution is -0.125. The number of rotatable bonds is 6. The molecule has 7 nitrogen and oxygen atoms in total. The summed E-state index contributed by atoms with van der Waals surface area (Å²) in [7, 11) is 0. The summed E-state index contributed by atoms with van der Waals surface area (Å²) >= 11 is 3.10. The summed E-state index contributed by atoms with van der Waals surface area (Å²) in [5.74, 6) is 0.155. The highest BCUT2D eigenvalue weighted by atomic mass is 32.1. The molecule has 0 aromatic carbocycles. The van der Waals surface area contributed by atoms with Gasteiger partial charge in [0.25, 0.3) is 5.56 Å². The molecule has 1 fully saturated rings. The molecule has 148 valence electrons. The molecule has 3 aromatic rings. The van der Waals surface area contributed by atoms with Gasteiger partial charge in [0.05, 0.1) is 6.54 Å². The highest BCUT2D eigenvalue weighted by Crippen LogP contribution is 2.27. The van der Waals surface area contributed by atoms with Gasteiger partial charge in [-0.3, -0.25) is 9.59 Å². The monoisotopic (exact) mass is 417 g/mol. The van der Waals surface area contributed by atoms with Gasteiger partial charge in [0, 0.05) is 35.6 Å². The van der Waals surface area contributed by atoms with E-state index in [1.807, 2.05) is 17.5 Å². The molecule has 0 atom stereocenters. The van der Waals surface area contributed by atoms with Gasteiger partial charge in [-0.05, 0) is 30.7 Å². The van der Waals surface area contributed by atoms with E-state index in [4.69, 9.17) is 0 Å². The number of amides is 1. The van der Waals surface area contributed by atoms with Crippen LogP contribution in [0.1, 0.15) is 36.8 Å². The molecule has 0 spiro atoms. The number of carbonyl (C=O) groups excluding carboxylic acids is 1. The zero-order valence-corrected chi connectivity index (χ0v) is 17.4. The maximum absolute atomic E-state index is 12.4. The number of aromatic nitrogens is 3. The normalized spacial score (nSPS) is 15.2. The molecule has 0 radical (unpaired) electrons. The zero-order chi connectivity index (χ0) is 19.5. The zero-order valence-electron chi connectivity index (χ0n) is 15.8. The molecule has 1 saturated heterocycles. The molecule has 1 aliphatic rings. The lowest BCUT2D eigenvalue weighted by atomic mass is 9.96. The van der Waals surface area contributed by atoms with Crippen LogP contribution in [0.5, 0.6) is 0 Å². The van der Waals surface area contributed by atoms with Gasteiger partial charge < -0.3 is 10.2 Å². The highest BCUT2D eigenvalue weighted by Gasteiger charge is 2.26. The van der Waals surface area contributed by atoms with Gasteiger partial charge in [0.15, 0.2) is 0 Å². The van der Waals surface area contributed by atoms with E-state index in [0.717, 1.165) is 49.6 Å². The Hall–Kier alpha value is -2.26. The van der Waals surface area contributed by atoms with Crippen molar-refractivity contribution in [1.82, 2.24) is 19.9 Å². The quantitative estimate of drug-likeness (QED) is 0.667. The van der Waals surface area contributed by atoms with Crippen molar-refractivity contribution in [3.8, 4) is 0 Å². The van der Waals surface area contributed by atoms with Crippen LogP contribution in [0, 0.1) is 5.92 Å². The van der Waals surface area contributed by atoms with E-state index in [1.165, 1.54) is 20.7 Å². The molecule has 1 amide bonds. The molecule has 3 aromatic heterocycles. The molecule has 0 bridgehead atoms. The number of thiophene rings is 1. The first-order valence-electron chi connectivity index (χ1n) is 9.59. The first kappa shape index (κ1) is 19.1. The predicted octanol–water partition coefficient (Wildman–Crippen LogP) is 2.70. The van der Waals surface area contributed by atoms with E-state index in [0.29, 0.717) is 11.5 Å². The summed E-state index contributed by atoms with van der Waals surface area (Å²) in [6, 6.07) is 5.60. The fourth-order valence-corrected chi connectivity index (χ4v) is 5.05. The van der Waals surface area contributed by atoms with Gasteiger partial charge in [0.1, 0.15) is 0 Å². The molecule has 1 N–H and O–H groups in total. The van der Waals surface area contributed by atoms with Crippen molar-refractivity contribution >= 4 is 38.7 Å². The predicted molar refractivity (Wildman–Crippen MR) is 112 cm³/mol. The number of carbonyl (C=O) groups is 1. The Bertz CT molecular complexity index is 1000. The topological polar surface area (TPSA) is 79.6 Å². The van der Waals surface area contributed by atoms with E-state index in [9.17, 15) is 9.59 Å². The Balaban J connectivity index is 1.38. The number of aryl methyl sites for hydroxylation is 1. The maximum atomic E-state index is 12.4. The van der Waals surface area contributed by atoms with E-state index >= 15 is 0 Å². The standard InChI is InChI=1S/C19H23N5O2S2/c1-2-4-14-11-16(25)24-18(21-14)28-19(22-24)23-8-6-13(7-9-23)17(26)20-12-15-5-3-10-27-15/h3,5,10-11,13H,2,4,6-9,12H2,1H3,(H,20,26). The fourth-order valence-electron chi connectivity index (χ4n) is 3.42. The number of piperidine rings is 1. The minimum atomic E-state index is -0.126. The van der Waals surface area contributed by atoms with Crippen LogP contribution in [-0.4, -0.2) is 33.6 Å². The number of hydrogen-bond donors (Lipinski definition) is 1. The van der Waals surface area contributed by atoms with E-state index in [1.54, 1.807) is 17.4 Å². The molecule has 28 heavy (non-hydrogen) atoms. The van der Waals surface area contributed by atoms with E-state index in [-0.39, 0.29) is 17.4 Å². The fraction of sp³-hybridized carbons (Fsp3) is 0.474. The molecular formula is C19H23N5O2S2. The van der Waals surface area contributed by atoms with Crippen LogP contribution in [0.15, 0.2) is 28.4 Å². The van der Waals surface area contributed by atoms with Crippen LogP contribution < -0.4 is 15.8 Å². The Kier molecular flexibility index (Phi) is 5.72. The molecule has 9 heteroatoms. The second-order valence-corrected chi connectivity index (χ2v) is 8.94. The number of anilines is 1. The average molecular weight is 418 g/mol. The lowest BCUT2D eigenvalue weighted by Gasteiger charge is -2.30. The summed E-state index contributed by atoms with van der Waals surface area (Å²) in [5.41, 5.74) is 0.697. The number of nitrogens with one attached hydrogen (secondary N) is 1. The van der Waals surface area contributed by atoms with E-state index in [2.05, 4.69) is 27.2 Å². The van der Waals surface area contributed by atoms with Crippen LogP contribution in [-0.2, 0) is 17.8 Å². The Labute approximate surface area is 171 Å². The van der Waals surface area contributed by atoms with Crippen LogP contribution in [0.4, 0.5) is 5.13 Å². The average Bonchev–Trinajstić information content (AvgIpc) is 3.36. The number of fused-ring (bicyclic) bond motifs is 1. The van der Waals surface area contributed by atoms with Gasteiger partial charge in [-0.1, -0.05) is 30.7 Å². The van der Waals surface area contributed by atoms with E-state index < -0.39 is 0 Å². The van der Waals surface area contributed by atoms with Crippen LogP contribution >= 0.6 is 22.7 Å². The Morgan fingerprint density at radius 3 is 2.89 bits per heavy atom. The number of hydrogen-bond acceptors (Lipinski definition) is 7. The third kappa shape index (κ3) is 4.10. The van der Waals surface area contributed by atoms with Crippen LogP contribution in [0.2, 0.25) is 0 Å². The maximum Gasteiger partial charge on any atom is 0.275 e. The van der Waals surface area contributed by atoms with Crippen molar-refractivity contribution in [3.63, 3.8) is 0 Å². The van der Waals surface area contributed by atoms with Crippen molar-refractivity contribution in [2.75, 3.05) is 18.0 Å². The van der Waals surface area contributed by atoms with Crippen LogP contribution in [0.3, 0.4) is 0 Å². The third-order valence-electron chi connectivity index (χ3n) is 4.95. The summed E-state index contributed by atoms with van der Waals surface area (Å²) in [5, 5.41) is 10.3. The van der Waals surface area contributed by atoms with Gasteiger partial charge in [0.2, 0.25) is 16.0 Å². The minimum Gasteiger partial charge on any atom is -0.351 e. The van der Waals surface area contributed by atoms with Gasteiger partial charge >= 0.3 is 0 Å². The Morgan fingerprint density at radius 2 is 2.18 bits per heavy atom. The molecule has 4 rings (SSSR count). The first-order chi connectivity index (χ1) is 13.6. The largest absolute Gasteiger partial charge is 0.351 e. The number of nitrogens with zero attached hydrogens (tertiary/aromatic N) is 4. The lowest BCUT2D eigenvalue weighted by Crippen LogP contribution is -2.40. The second kappa shape index (κ2) is 8.40.